The highest BCUT2D eigenvalue weighted by atomic mass is 79.9. The van der Waals surface area contributed by atoms with Gasteiger partial charge in [-0.25, -0.2) is 9.69 Å². The Morgan fingerprint density at radius 3 is 2.66 bits per heavy atom. The molecule has 2 fully saturated rings. The van der Waals surface area contributed by atoms with Gasteiger partial charge in [0.15, 0.2) is 6.23 Å². The van der Waals surface area contributed by atoms with Crippen LogP contribution in [-0.4, -0.2) is 57.1 Å². The first kappa shape index (κ1) is 22.7. The van der Waals surface area contributed by atoms with Gasteiger partial charge < -0.3 is 9.64 Å². The van der Waals surface area contributed by atoms with E-state index in [1.807, 2.05) is 0 Å². The number of amides is 2. The molecule has 2 heterocycles. The minimum Gasteiger partial charge on any atom is -0.441 e. The quantitative estimate of drug-likeness (QED) is 0.298. The normalized spacial score (nSPS) is 22.4. The number of halogens is 2. The topological polar surface area (TPSA) is 75.6 Å². The van der Waals surface area contributed by atoms with Crippen LogP contribution in [0, 0.1) is 0 Å². The van der Waals surface area contributed by atoms with Gasteiger partial charge >= 0.3 is 12.0 Å². The predicted octanol–water partition coefficient (Wildman–Crippen LogP) is 4.89. The summed E-state index contributed by atoms with van der Waals surface area (Å²) >= 11 is 10.8. The minimum atomic E-state index is -0.674. The molecule has 1 aromatic rings. The van der Waals surface area contributed by atoms with Crippen LogP contribution in [0.2, 0.25) is 0 Å². The van der Waals surface area contributed by atoms with Gasteiger partial charge in [0.2, 0.25) is 5.13 Å². The molecular formula is C19H28BrClN4O3S. The van der Waals surface area contributed by atoms with E-state index in [1.54, 1.807) is 11.8 Å². The number of alkyl halides is 2. The number of carbonyl (C=O) groups is 2. The summed E-state index contributed by atoms with van der Waals surface area (Å²) < 4.78 is 5.62. The first-order valence-electron chi connectivity index (χ1n) is 10.3. The molecular weight excluding hydrogens is 480 g/mol. The van der Waals surface area contributed by atoms with E-state index in [9.17, 15) is 9.59 Å². The van der Waals surface area contributed by atoms with Crippen LogP contribution in [0.4, 0.5) is 9.93 Å². The largest absolute Gasteiger partial charge is 0.441 e. The number of carbonyl (C=O) groups excluding carboxylic acids is 2. The maximum atomic E-state index is 13.1. The highest BCUT2D eigenvalue weighted by Crippen LogP contribution is 2.37. The van der Waals surface area contributed by atoms with Gasteiger partial charge in [-0.3, -0.25) is 4.79 Å². The average Bonchev–Trinajstić information content (AvgIpc) is 2.98. The number of anilines is 1. The van der Waals surface area contributed by atoms with Crippen LogP contribution in [0.15, 0.2) is 0 Å². The maximum Gasteiger partial charge on any atom is 0.329 e. The standard InChI is InChI=1S/C19H28BrClN4O3S/c1-13(21)12-16(26)28-15-8-10-24(11-9-20)19(27)25(15)18-23-22-17(29-18)14-6-4-2-3-5-7-14/h13-15H,2-12H2,1H3. The summed E-state index contributed by atoms with van der Waals surface area (Å²) in [5, 5.41) is 10.6. The molecule has 162 valence electrons. The molecule has 0 spiro atoms. The van der Waals surface area contributed by atoms with Crippen LogP contribution in [-0.2, 0) is 9.53 Å². The molecule has 0 aromatic carbocycles. The van der Waals surface area contributed by atoms with Crippen molar-refractivity contribution in [1.29, 1.82) is 0 Å². The second kappa shape index (κ2) is 10.9. The molecule has 2 aliphatic rings. The van der Waals surface area contributed by atoms with Crippen molar-refractivity contribution >= 4 is 56.0 Å². The first-order valence-corrected chi connectivity index (χ1v) is 12.7. The molecule has 1 aliphatic heterocycles. The van der Waals surface area contributed by atoms with Gasteiger partial charge in [0.1, 0.15) is 5.01 Å². The van der Waals surface area contributed by atoms with E-state index in [-0.39, 0.29) is 17.8 Å². The third-order valence-electron chi connectivity index (χ3n) is 5.32. The van der Waals surface area contributed by atoms with Gasteiger partial charge in [0.05, 0.1) is 6.42 Å². The summed E-state index contributed by atoms with van der Waals surface area (Å²) in [6, 6.07) is -0.198. The molecule has 0 radical (unpaired) electrons. The van der Waals surface area contributed by atoms with Crippen molar-refractivity contribution in [3.8, 4) is 0 Å². The molecule has 2 unspecified atom stereocenters. The highest BCUT2D eigenvalue weighted by Gasteiger charge is 2.39. The first-order chi connectivity index (χ1) is 14.0. The molecule has 1 aromatic heterocycles. The predicted molar refractivity (Wildman–Crippen MR) is 118 cm³/mol. The van der Waals surface area contributed by atoms with E-state index < -0.39 is 12.2 Å². The fraction of sp³-hybridized carbons (Fsp3) is 0.789. The van der Waals surface area contributed by atoms with Crippen LogP contribution in [0.3, 0.4) is 0 Å². The van der Waals surface area contributed by atoms with Gasteiger partial charge in [0.25, 0.3) is 0 Å². The summed E-state index contributed by atoms with van der Waals surface area (Å²) in [4.78, 5) is 28.6. The second-order valence-electron chi connectivity index (χ2n) is 7.66. The fourth-order valence-corrected chi connectivity index (χ4v) is 5.44. The highest BCUT2D eigenvalue weighted by molar-refractivity contribution is 9.09. The lowest BCUT2D eigenvalue weighted by Gasteiger charge is -2.38. The SMILES string of the molecule is CC(Cl)CC(=O)OC1CCN(CCBr)C(=O)N1c1nnc(C2CCCCCC2)s1. The van der Waals surface area contributed by atoms with Crippen LogP contribution in [0.1, 0.15) is 69.2 Å². The third-order valence-corrected chi connectivity index (χ3v) is 6.91. The fourth-order valence-electron chi connectivity index (χ4n) is 3.84. The molecule has 7 nitrogen and oxygen atoms in total. The summed E-state index contributed by atoms with van der Waals surface area (Å²) in [6.07, 6.45) is 7.14. The van der Waals surface area contributed by atoms with Crippen molar-refractivity contribution in [2.24, 2.45) is 0 Å². The Morgan fingerprint density at radius 2 is 2.00 bits per heavy atom. The van der Waals surface area contributed by atoms with Gasteiger partial charge in [-0.2, -0.15) is 0 Å². The molecule has 0 bridgehead atoms. The summed E-state index contributed by atoms with van der Waals surface area (Å²) in [5.41, 5.74) is 0. The molecule has 1 aliphatic carbocycles. The van der Waals surface area contributed by atoms with E-state index in [0.29, 0.717) is 35.9 Å². The van der Waals surface area contributed by atoms with Crippen LogP contribution >= 0.6 is 38.9 Å². The van der Waals surface area contributed by atoms with Gasteiger partial charge in [0, 0.05) is 36.1 Å². The number of esters is 1. The molecule has 29 heavy (non-hydrogen) atoms. The van der Waals surface area contributed by atoms with Crippen molar-refractivity contribution in [2.75, 3.05) is 23.3 Å². The lowest BCUT2D eigenvalue weighted by atomic mass is 10.0. The van der Waals surface area contributed by atoms with Crippen LogP contribution in [0.5, 0.6) is 0 Å². The number of ether oxygens (including phenoxy) is 1. The van der Waals surface area contributed by atoms with Crippen molar-refractivity contribution in [1.82, 2.24) is 15.1 Å². The molecule has 0 N–H and O–H groups in total. The zero-order chi connectivity index (χ0) is 20.8. The third kappa shape index (κ3) is 6.04. The lowest BCUT2D eigenvalue weighted by molar-refractivity contribution is -0.149. The monoisotopic (exact) mass is 506 g/mol. The van der Waals surface area contributed by atoms with Gasteiger partial charge in [-0.15, -0.1) is 21.8 Å². The summed E-state index contributed by atoms with van der Waals surface area (Å²) in [6.45, 7) is 2.86. The molecule has 3 rings (SSSR count). The minimum absolute atomic E-state index is 0.106. The van der Waals surface area contributed by atoms with Gasteiger partial charge in [-0.05, 0) is 19.8 Å². The van der Waals surface area contributed by atoms with Crippen molar-refractivity contribution < 1.29 is 14.3 Å². The van der Waals surface area contributed by atoms with Crippen molar-refractivity contribution in [3.63, 3.8) is 0 Å². The molecule has 2 amide bonds. The maximum absolute atomic E-state index is 13.1. The van der Waals surface area contributed by atoms with Crippen molar-refractivity contribution in [2.45, 2.75) is 75.8 Å². The number of urea groups is 1. The summed E-state index contributed by atoms with van der Waals surface area (Å²) in [7, 11) is 0. The summed E-state index contributed by atoms with van der Waals surface area (Å²) in [5.74, 6) is -0.00173. The Labute approximate surface area is 189 Å². The number of rotatable bonds is 7. The average molecular weight is 508 g/mol. The number of nitrogens with zero attached hydrogens (tertiary/aromatic N) is 4. The van der Waals surface area contributed by atoms with E-state index in [2.05, 4.69) is 26.1 Å². The Morgan fingerprint density at radius 1 is 1.28 bits per heavy atom. The molecule has 2 atom stereocenters. The Kier molecular flexibility index (Phi) is 8.56. The smallest absolute Gasteiger partial charge is 0.329 e. The van der Waals surface area contributed by atoms with E-state index in [4.69, 9.17) is 16.3 Å². The van der Waals surface area contributed by atoms with Gasteiger partial charge in [-0.1, -0.05) is 53.0 Å². The van der Waals surface area contributed by atoms with E-state index in [0.717, 1.165) is 17.8 Å². The molecule has 1 saturated heterocycles. The van der Waals surface area contributed by atoms with Crippen LogP contribution < -0.4 is 4.90 Å². The Hall–Kier alpha value is -0.930. The van der Waals surface area contributed by atoms with E-state index in [1.165, 1.54) is 41.9 Å². The Bertz CT molecular complexity index is 697. The zero-order valence-corrected chi connectivity index (χ0v) is 19.8. The molecule has 1 saturated carbocycles. The zero-order valence-electron chi connectivity index (χ0n) is 16.7. The molecule has 10 heteroatoms. The van der Waals surface area contributed by atoms with Crippen molar-refractivity contribution in [3.05, 3.63) is 5.01 Å². The van der Waals surface area contributed by atoms with E-state index >= 15 is 0 Å². The number of hydrogen-bond donors (Lipinski definition) is 0. The van der Waals surface area contributed by atoms with Crippen LogP contribution in [0.25, 0.3) is 0 Å². The number of aromatic nitrogens is 2. The number of hydrogen-bond acceptors (Lipinski definition) is 6. The lowest BCUT2D eigenvalue weighted by Crippen LogP contribution is -2.56. The second-order valence-corrected chi connectivity index (χ2v) is 10.2. The Balaban J connectivity index is 1.79.